The zero-order chi connectivity index (χ0) is 37.1. The van der Waals surface area contributed by atoms with Crippen molar-refractivity contribution < 1.29 is 36.3 Å². The molecule has 1 saturated carbocycles. The van der Waals surface area contributed by atoms with E-state index in [1.54, 1.807) is 0 Å². The molecule has 19 heteroatoms. The summed E-state index contributed by atoms with van der Waals surface area (Å²) in [5.74, 6) is -0.992. The lowest BCUT2D eigenvalue weighted by Crippen LogP contribution is -2.50. The number of alkyl halides is 5. The maximum atomic E-state index is 14.4. The van der Waals surface area contributed by atoms with Crippen LogP contribution in [0.5, 0.6) is 0 Å². The predicted molar refractivity (Wildman–Crippen MR) is 175 cm³/mol. The first kappa shape index (κ1) is 37.1. The minimum absolute atomic E-state index is 0.0550. The number of nitrogens with zero attached hydrogens (tertiary/aromatic N) is 6. The van der Waals surface area contributed by atoms with E-state index < -0.39 is 48.9 Å². The van der Waals surface area contributed by atoms with Crippen LogP contribution >= 0.6 is 11.6 Å². The molecule has 2 heterocycles. The molecule has 5 rings (SSSR count). The number of amides is 2. The molecule has 13 nitrogen and oxygen atoms in total. The predicted octanol–water partition coefficient (Wildman–Crippen LogP) is 6.74. The van der Waals surface area contributed by atoms with E-state index in [4.69, 9.17) is 21.7 Å². The van der Waals surface area contributed by atoms with Crippen LogP contribution in [-0.2, 0) is 4.74 Å². The van der Waals surface area contributed by atoms with E-state index in [9.17, 15) is 31.5 Å². The summed E-state index contributed by atoms with van der Waals surface area (Å²) < 4.78 is 72.9. The van der Waals surface area contributed by atoms with Crippen molar-refractivity contribution in [2.75, 3.05) is 13.2 Å². The maximum Gasteiger partial charge on any atom is 0.411 e. The van der Waals surface area contributed by atoms with Crippen molar-refractivity contribution in [3.8, 4) is 22.5 Å². The van der Waals surface area contributed by atoms with Crippen molar-refractivity contribution in [3.63, 3.8) is 0 Å². The molecule has 272 valence electrons. The third-order valence-electron chi connectivity index (χ3n) is 8.19. The summed E-state index contributed by atoms with van der Waals surface area (Å²) in [6.07, 6.45) is -3.71. The van der Waals surface area contributed by atoms with E-state index in [0.717, 1.165) is 11.1 Å². The average molecular weight is 737 g/mol. The normalized spacial score (nSPS) is 14.5. The molecule has 0 radical (unpaired) electrons. The fraction of sp³-hybridized carbons (Fsp3) is 0.406. The highest BCUT2D eigenvalue weighted by Crippen LogP contribution is 2.49. The zero-order valence-electron chi connectivity index (χ0n) is 27.6. The summed E-state index contributed by atoms with van der Waals surface area (Å²) in [5.41, 5.74) is -1.11. The number of hydrogen-bond donors (Lipinski definition) is 4. The van der Waals surface area contributed by atoms with Gasteiger partial charge in [0.1, 0.15) is 12.1 Å². The molecule has 51 heavy (non-hydrogen) atoms. The number of guanidine groups is 1. The van der Waals surface area contributed by atoms with E-state index in [1.165, 1.54) is 48.7 Å². The highest BCUT2D eigenvalue weighted by Gasteiger charge is 2.64. The minimum atomic E-state index is -4.70. The Morgan fingerprint density at radius 1 is 1.12 bits per heavy atom. The van der Waals surface area contributed by atoms with Gasteiger partial charge in [-0.3, -0.25) is 15.1 Å². The molecule has 2 aromatic carbocycles. The molecule has 4 N–H and O–H groups in total. The maximum absolute atomic E-state index is 14.4. The molecule has 1 aliphatic rings. The Kier molecular flexibility index (Phi) is 10.6. The number of carbonyl (C=O) groups excluding carboxylic acids is 2. The molecular weight excluding hydrogens is 703 g/mol. The summed E-state index contributed by atoms with van der Waals surface area (Å²) in [5, 5.41) is 31.3. The van der Waals surface area contributed by atoms with E-state index in [0.29, 0.717) is 22.2 Å². The Bertz CT molecular complexity index is 1860. The first-order valence-electron chi connectivity index (χ1n) is 15.6. The van der Waals surface area contributed by atoms with Crippen molar-refractivity contribution in [3.05, 3.63) is 71.0 Å². The van der Waals surface area contributed by atoms with E-state index >= 15 is 0 Å². The third kappa shape index (κ3) is 8.79. The smallest absolute Gasteiger partial charge is 0.411 e. The lowest BCUT2D eigenvalue weighted by atomic mass is 9.92. The minimum Gasteiger partial charge on any atom is -0.447 e. The quantitative estimate of drug-likeness (QED) is 0.0746. The second-order valence-corrected chi connectivity index (χ2v) is 13.5. The topological polar surface area (TPSA) is 167 Å². The molecule has 0 saturated heterocycles. The average Bonchev–Trinajstić information content (AvgIpc) is 3.43. The fourth-order valence-electron chi connectivity index (χ4n) is 5.09. The summed E-state index contributed by atoms with van der Waals surface area (Å²) >= 11 is 6.44. The van der Waals surface area contributed by atoms with E-state index in [1.807, 2.05) is 26.1 Å². The fourth-order valence-corrected chi connectivity index (χ4v) is 5.30. The lowest BCUT2D eigenvalue weighted by molar-refractivity contribution is -0.164. The summed E-state index contributed by atoms with van der Waals surface area (Å²) in [7, 11) is 0. The van der Waals surface area contributed by atoms with Crippen molar-refractivity contribution in [1.29, 1.82) is 5.41 Å². The van der Waals surface area contributed by atoms with Gasteiger partial charge in [-0.25, -0.2) is 14.6 Å². The van der Waals surface area contributed by atoms with Crippen molar-refractivity contribution in [2.45, 2.75) is 64.3 Å². The molecular formula is C32H34ClF5N10O3. The largest absolute Gasteiger partial charge is 0.447 e. The molecule has 4 aromatic rings. The van der Waals surface area contributed by atoms with Crippen LogP contribution in [0.4, 0.5) is 26.7 Å². The standard InChI is InChI=1S/C32H34ClF5N10O3/c1-30(2,3)12-13-40-28(39)48(26(49)19-6-4-18(5-7-19)21-15-41-47(16-21)27(34)35)24(17-51-29(50)42-31(10-11-31)32(36,37)38)20-8-9-23(33)22(14-20)25-43-45-46-44-25/h4-9,14-16,24,27H,10-13,17H2,1-3H3,(H2,39,40)(H,42,50)(H,43,44,45,46)/t24-/m1/s1. The Labute approximate surface area is 293 Å². The Balaban J connectivity index is 1.52. The number of aromatic amines is 1. The molecule has 1 aliphatic carbocycles. The van der Waals surface area contributed by atoms with Crippen LogP contribution in [0, 0.1) is 10.8 Å². The van der Waals surface area contributed by atoms with Gasteiger partial charge in [-0.2, -0.15) is 27.1 Å². The monoisotopic (exact) mass is 736 g/mol. The van der Waals surface area contributed by atoms with Crippen LogP contribution in [0.15, 0.2) is 54.9 Å². The van der Waals surface area contributed by atoms with Gasteiger partial charge >= 0.3 is 18.8 Å². The number of H-pyrrole nitrogens is 1. The number of ether oxygens (including phenoxy) is 1. The number of rotatable bonds is 11. The van der Waals surface area contributed by atoms with Crippen LogP contribution in [-0.4, -0.2) is 78.1 Å². The molecule has 1 atom stereocenters. The first-order valence-corrected chi connectivity index (χ1v) is 16.0. The van der Waals surface area contributed by atoms with Gasteiger partial charge in [0.2, 0.25) is 0 Å². The zero-order valence-corrected chi connectivity index (χ0v) is 28.3. The molecule has 0 aliphatic heterocycles. The second-order valence-electron chi connectivity index (χ2n) is 13.1. The lowest BCUT2D eigenvalue weighted by Gasteiger charge is -2.33. The highest BCUT2D eigenvalue weighted by atomic mass is 35.5. The van der Waals surface area contributed by atoms with Crippen LogP contribution in [0.2, 0.25) is 5.02 Å². The van der Waals surface area contributed by atoms with Crippen LogP contribution in [0.3, 0.4) is 0 Å². The molecule has 2 aromatic heterocycles. The van der Waals surface area contributed by atoms with Crippen LogP contribution in [0.1, 0.15) is 68.5 Å². The van der Waals surface area contributed by atoms with Gasteiger partial charge in [0.15, 0.2) is 11.8 Å². The number of carbonyl (C=O) groups is 2. The van der Waals surface area contributed by atoms with Crippen molar-refractivity contribution >= 4 is 29.6 Å². The number of alkyl carbamates (subject to hydrolysis) is 1. The Hall–Kier alpha value is -5.13. The van der Waals surface area contributed by atoms with Crippen molar-refractivity contribution in [2.24, 2.45) is 5.41 Å². The molecule has 2 amide bonds. The molecule has 0 unspecified atom stereocenters. The number of benzene rings is 2. The highest BCUT2D eigenvalue weighted by molar-refractivity contribution is 6.33. The summed E-state index contributed by atoms with van der Waals surface area (Å²) in [6, 6.07) is 9.05. The van der Waals surface area contributed by atoms with Gasteiger partial charge in [-0.1, -0.05) is 50.6 Å². The summed E-state index contributed by atoms with van der Waals surface area (Å²) in [4.78, 5) is 28.2. The van der Waals surface area contributed by atoms with Crippen LogP contribution in [0.25, 0.3) is 22.5 Å². The second kappa shape index (κ2) is 14.6. The number of hydrogen-bond acceptors (Lipinski definition) is 8. The molecule has 0 spiro atoms. The van der Waals surface area contributed by atoms with Gasteiger partial charge in [0.25, 0.3) is 5.91 Å². The number of nitrogens with one attached hydrogen (secondary N) is 4. The number of tetrazole rings is 1. The van der Waals surface area contributed by atoms with Crippen molar-refractivity contribution in [1.82, 2.24) is 45.9 Å². The Morgan fingerprint density at radius 2 is 1.82 bits per heavy atom. The molecule has 1 fully saturated rings. The van der Waals surface area contributed by atoms with Gasteiger partial charge in [-0.05, 0) is 70.5 Å². The SMILES string of the molecule is CC(C)(C)CCNC(=N)N(C(=O)c1ccc(-c2cnn(C(F)F)c2)cc1)[C@H](COC(=O)NC1(C(F)(F)F)CC1)c1ccc(Cl)c(-c2nnn[nH]2)c1. The van der Waals surface area contributed by atoms with Gasteiger partial charge < -0.3 is 15.4 Å². The first-order chi connectivity index (χ1) is 24.0. The van der Waals surface area contributed by atoms with E-state index in [-0.39, 0.29) is 52.3 Å². The van der Waals surface area contributed by atoms with Gasteiger partial charge in [0.05, 0.1) is 17.3 Å². The third-order valence-corrected chi connectivity index (χ3v) is 8.52. The van der Waals surface area contributed by atoms with Gasteiger partial charge in [-0.15, -0.1) is 5.10 Å². The number of halogens is 6. The number of aromatic nitrogens is 6. The van der Waals surface area contributed by atoms with Gasteiger partial charge in [0, 0.05) is 29.4 Å². The Morgan fingerprint density at radius 3 is 2.39 bits per heavy atom. The van der Waals surface area contributed by atoms with Crippen LogP contribution < -0.4 is 10.6 Å². The molecule has 0 bridgehead atoms. The van der Waals surface area contributed by atoms with E-state index in [2.05, 4.69) is 31.0 Å². The summed E-state index contributed by atoms with van der Waals surface area (Å²) in [6.45, 7) is 2.70.